The van der Waals surface area contributed by atoms with E-state index >= 15 is 0 Å². The average Bonchev–Trinajstić information content (AvgIpc) is 1.68. The van der Waals surface area contributed by atoms with Crippen molar-refractivity contribution >= 4 is 29.5 Å². The van der Waals surface area contributed by atoms with E-state index in [-0.39, 0.29) is 0 Å². The van der Waals surface area contributed by atoms with Crippen molar-refractivity contribution < 1.29 is 12.9 Å². The maximum Gasteiger partial charge on any atom is 0.543 e. The molecule has 3 nitrogen and oxygen atoms in total. The third kappa shape index (κ3) is 4.87. The Balaban J connectivity index is 3.06. The molecule has 0 aromatic heterocycles. The fraction of sp³-hybridized carbons (Fsp3) is 1.00. The van der Waals surface area contributed by atoms with Gasteiger partial charge in [-0.2, -0.15) is 0 Å². The third-order valence-corrected chi connectivity index (χ3v) is 3.53. The van der Waals surface area contributed by atoms with Crippen LogP contribution in [-0.4, -0.2) is 14.2 Å². The predicted molar refractivity (Wildman–Crippen MR) is 36.8 cm³/mol. The van der Waals surface area contributed by atoms with Crippen molar-refractivity contribution in [2.75, 3.05) is 14.2 Å². The van der Waals surface area contributed by atoms with Crippen LogP contribution < -0.4 is 0 Å². The van der Waals surface area contributed by atoms with Crippen molar-refractivity contribution in [1.82, 2.24) is 0 Å². The minimum Gasteiger partial charge on any atom is -0.276 e. The van der Waals surface area contributed by atoms with Crippen LogP contribution in [0.5, 0.6) is 0 Å². The molecule has 0 unspecified atom stereocenters. The molecule has 0 radical (unpaired) electrons. The van der Waals surface area contributed by atoms with Gasteiger partial charge in [-0.25, -0.2) is 0 Å². The van der Waals surface area contributed by atoms with Gasteiger partial charge in [-0.1, -0.05) is 0 Å². The van der Waals surface area contributed by atoms with Crippen LogP contribution in [-0.2, 0) is 12.9 Å². The number of rotatable bonds is 4. The van der Waals surface area contributed by atoms with Gasteiger partial charge in [-0.05, 0) is 4.57 Å². The Morgan fingerprint density at radius 2 is 1.62 bits per heavy atom. The zero-order chi connectivity index (χ0) is 6.41. The van der Waals surface area contributed by atoms with Crippen LogP contribution in [0.1, 0.15) is 0 Å². The lowest BCUT2D eigenvalue weighted by Gasteiger charge is -1.76. The van der Waals surface area contributed by atoms with E-state index in [0.717, 1.165) is 23.3 Å². The Labute approximate surface area is 57.2 Å². The van der Waals surface area contributed by atoms with E-state index in [9.17, 15) is 4.57 Å². The maximum absolute atomic E-state index is 10.5. The van der Waals surface area contributed by atoms with E-state index in [1.165, 1.54) is 14.2 Å². The summed E-state index contributed by atoms with van der Waals surface area (Å²) in [6, 6.07) is 0. The summed E-state index contributed by atoms with van der Waals surface area (Å²) in [5.41, 5.74) is 0. The summed E-state index contributed by atoms with van der Waals surface area (Å²) >= 11 is 1.81. The van der Waals surface area contributed by atoms with Gasteiger partial charge in [0.2, 0.25) is 0 Å². The monoisotopic (exact) mass is 173 g/mol. The summed E-state index contributed by atoms with van der Waals surface area (Å²) in [4.78, 5) is 0. The maximum atomic E-state index is 10.5. The van der Waals surface area contributed by atoms with Gasteiger partial charge in [0.15, 0.2) is 0 Å². The molecule has 0 N–H and O–H groups in total. The lowest BCUT2D eigenvalue weighted by atomic mass is 11.8. The second-order valence-corrected chi connectivity index (χ2v) is 5.70. The van der Waals surface area contributed by atoms with Gasteiger partial charge in [-0.3, -0.25) is 8.37 Å². The molecule has 0 bridgehead atoms. The molecule has 0 aliphatic rings. The van der Waals surface area contributed by atoms with Gasteiger partial charge in [0.1, 0.15) is 0 Å². The third-order valence-electron chi connectivity index (χ3n) is 0.271. The first-order valence-corrected chi connectivity index (χ1v) is 5.65. The van der Waals surface area contributed by atoms with E-state index < -0.39 is 6.20 Å². The predicted octanol–water partition coefficient (Wildman–Crippen LogP) is 2.23. The van der Waals surface area contributed by atoms with E-state index in [1.54, 1.807) is 0 Å². The lowest BCUT2D eigenvalue weighted by Crippen LogP contribution is -1.58. The summed E-state index contributed by atoms with van der Waals surface area (Å²) in [6.07, 6.45) is -1.44. The van der Waals surface area contributed by atoms with Crippen molar-refractivity contribution in [2.24, 2.45) is 0 Å². The van der Waals surface area contributed by atoms with Gasteiger partial charge in [0.25, 0.3) is 0 Å². The van der Waals surface area contributed by atoms with Crippen LogP contribution in [0.2, 0.25) is 0 Å². The van der Waals surface area contributed by atoms with Gasteiger partial charge in [0, 0.05) is 0 Å². The smallest absolute Gasteiger partial charge is 0.276 e. The molecule has 0 atom stereocenters. The second kappa shape index (κ2) is 5.85. The summed E-state index contributed by atoms with van der Waals surface area (Å²) in [5.74, 6) is 0. The summed E-state index contributed by atoms with van der Waals surface area (Å²) in [6.45, 7) is 0. The average molecular weight is 173 g/mol. The van der Waals surface area contributed by atoms with Gasteiger partial charge < -0.3 is 0 Å². The SMILES string of the molecule is COS[P+](=O)SOC. The Kier molecular flexibility index (Phi) is 6.38. The van der Waals surface area contributed by atoms with Gasteiger partial charge in [0.05, 0.1) is 14.2 Å². The molecule has 0 aliphatic carbocycles. The largest absolute Gasteiger partial charge is 0.543 e. The van der Waals surface area contributed by atoms with E-state index in [2.05, 4.69) is 8.37 Å². The Bertz CT molecular complexity index is 69.7. The molecular weight excluding hydrogens is 167 g/mol. The van der Waals surface area contributed by atoms with Crippen molar-refractivity contribution in [2.45, 2.75) is 0 Å². The molecule has 0 saturated heterocycles. The van der Waals surface area contributed by atoms with Crippen LogP contribution in [0.15, 0.2) is 0 Å². The number of hydrogen-bond acceptors (Lipinski definition) is 5. The minimum absolute atomic E-state index is 0.903. The van der Waals surface area contributed by atoms with Crippen LogP contribution in [0.3, 0.4) is 0 Å². The molecule has 0 aromatic rings. The van der Waals surface area contributed by atoms with E-state index in [4.69, 9.17) is 0 Å². The zero-order valence-corrected chi connectivity index (χ0v) is 7.02. The molecule has 0 aliphatic heterocycles. The number of hydrogen-bond donors (Lipinski definition) is 0. The van der Waals surface area contributed by atoms with Crippen LogP contribution >= 0.6 is 29.5 Å². The first-order chi connectivity index (χ1) is 3.81. The highest BCUT2D eigenvalue weighted by Crippen LogP contribution is 2.50. The highest BCUT2D eigenvalue weighted by Gasteiger charge is 2.20. The van der Waals surface area contributed by atoms with Crippen molar-refractivity contribution in [3.63, 3.8) is 0 Å². The van der Waals surface area contributed by atoms with E-state index in [1.807, 2.05) is 0 Å². The first-order valence-electron chi connectivity index (χ1n) is 1.70. The molecule has 0 heterocycles. The summed E-state index contributed by atoms with van der Waals surface area (Å²) in [7, 11) is 2.93. The highest BCUT2D eigenvalue weighted by molar-refractivity contribution is 8.82. The highest BCUT2D eigenvalue weighted by atomic mass is 33.1. The molecule has 6 heteroatoms. The topological polar surface area (TPSA) is 35.5 Å². The molecular formula is C2H6O3PS2+. The Morgan fingerprint density at radius 1 is 1.25 bits per heavy atom. The molecule has 0 spiro atoms. The van der Waals surface area contributed by atoms with Crippen molar-refractivity contribution in [1.29, 1.82) is 0 Å². The van der Waals surface area contributed by atoms with Crippen LogP contribution in [0, 0.1) is 0 Å². The summed E-state index contributed by atoms with van der Waals surface area (Å²) < 4.78 is 19.4. The molecule has 0 amide bonds. The first kappa shape index (κ1) is 8.72. The summed E-state index contributed by atoms with van der Waals surface area (Å²) in [5, 5.41) is 0. The molecule has 0 fully saturated rings. The minimum atomic E-state index is -1.44. The molecule has 8 heavy (non-hydrogen) atoms. The molecule has 0 rings (SSSR count). The molecule has 0 aromatic carbocycles. The van der Waals surface area contributed by atoms with Crippen LogP contribution in [0.4, 0.5) is 0 Å². The molecule has 0 saturated carbocycles. The van der Waals surface area contributed by atoms with Crippen LogP contribution in [0.25, 0.3) is 0 Å². The zero-order valence-electron chi connectivity index (χ0n) is 4.49. The van der Waals surface area contributed by atoms with Crippen molar-refractivity contribution in [3.05, 3.63) is 0 Å². The van der Waals surface area contributed by atoms with E-state index in [0.29, 0.717) is 0 Å². The van der Waals surface area contributed by atoms with Gasteiger partial charge >= 0.3 is 29.5 Å². The second-order valence-electron chi connectivity index (χ2n) is 0.706. The Hall–Kier alpha value is 0.720. The fourth-order valence-corrected chi connectivity index (χ4v) is 2.53. The quantitative estimate of drug-likeness (QED) is 0.481. The van der Waals surface area contributed by atoms with Crippen molar-refractivity contribution in [3.8, 4) is 0 Å². The molecule has 48 valence electrons. The lowest BCUT2D eigenvalue weighted by molar-refractivity contribution is 0.491. The normalized spacial score (nSPS) is 9.25. The standard InChI is InChI=1S/C2H6O3PS2/c1-4-7-6(3)8-5-2/h1-2H3/q+1. The Morgan fingerprint density at radius 3 is 1.88 bits per heavy atom. The van der Waals surface area contributed by atoms with Gasteiger partial charge in [-0.15, -0.1) is 0 Å². The fourth-order valence-electron chi connectivity index (χ4n) is 0.134.